The molecule has 0 aliphatic heterocycles. The molecule has 0 aliphatic rings. The Labute approximate surface area is 125 Å². The zero-order chi connectivity index (χ0) is 15.5. The quantitative estimate of drug-likeness (QED) is 0.743. The number of nitrogens with one attached hydrogen (secondary N) is 1. The van der Waals surface area contributed by atoms with Gasteiger partial charge in [-0.1, -0.05) is 17.2 Å². The predicted molar refractivity (Wildman–Crippen MR) is 76.4 cm³/mol. The van der Waals surface area contributed by atoms with Gasteiger partial charge in [-0.2, -0.15) is 0 Å². The molecule has 2 heterocycles. The molecular formula is C15H11N3O4. The van der Waals surface area contributed by atoms with Gasteiger partial charge in [-0.25, -0.2) is 0 Å². The first-order valence-corrected chi connectivity index (χ1v) is 6.43. The number of amides is 1. The third-order valence-electron chi connectivity index (χ3n) is 2.93. The summed E-state index contributed by atoms with van der Waals surface area (Å²) in [6, 6.07) is 9.59. The first-order chi connectivity index (χ1) is 10.6. The van der Waals surface area contributed by atoms with Crippen molar-refractivity contribution in [2.75, 3.05) is 5.32 Å². The minimum absolute atomic E-state index is 0.0351. The third-order valence-corrected chi connectivity index (χ3v) is 2.93. The van der Waals surface area contributed by atoms with Crippen molar-refractivity contribution in [3.63, 3.8) is 0 Å². The largest absolute Gasteiger partial charge is 0.459 e. The van der Waals surface area contributed by atoms with Crippen molar-refractivity contribution in [2.45, 2.75) is 6.92 Å². The van der Waals surface area contributed by atoms with Gasteiger partial charge >= 0.3 is 6.01 Å². The van der Waals surface area contributed by atoms with Crippen LogP contribution in [0.5, 0.6) is 0 Å². The number of Topliss-reactive ketones (excluding diaryl/α,β-unsaturated/α-hetero) is 1. The van der Waals surface area contributed by atoms with Crippen LogP contribution >= 0.6 is 0 Å². The van der Waals surface area contributed by atoms with E-state index in [9.17, 15) is 9.59 Å². The van der Waals surface area contributed by atoms with Crippen molar-refractivity contribution >= 4 is 17.7 Å². The van der Waals surface area contributed by atoms with Crippen molar-refractivity contribution in [3.8, 4) is 11.7 Å². The molecule has 0 saturated heterocycles. The number of ketones is 1. The van der Waals surface area contributed by atoms with Crippen LogP contribution in [0, 0.1) is 0 Å². The molecule has 0 bridgehead atoms. The van der Waals surface area contributed by atoms with E-state index in [1.165, 1.54) is 13.2 Å². The van der Waals surface area contributed by atoms with Crippen LogP contribution in [0.1, 0.15) is 27.6 Å². The molecular weight excluding hydrogens is 286 g/mol. The van der Waals surface area contributed by atoms with Crippen LogP contribution in [0.2, 0.25) is 0 Å². The fourth-order valence-electron chi connectivity index (χ4n) is 1.80. The first-order valence-electron chi connectivity index (χ1n) is 6.43. The van der Waals surface area contributed by atoms with Gasteiger partial charge in [-0.15, -0.1) is 5.10 Å². The molecule has 0 atom stereocenters. The minimum atomic E-state index is -0.412. The van der Waals surface area contributed by atoms with Gasteiger partial charge in [0.15, 0.2) is 11.5 Å². The fourth-order valence-corrected chi connectivity index (χ4v) is 1.80. The first kappa shape index (κ1) is 13.7. The lowest BCUT2D eigenvalue weighted by atomic mass is 10.1. The molecule has 2 aromatic heterocycles. The number of aromatic nitrogens is 2. The second kappa shape index (κ2) is 5.65. The molecule has 1 amide bonds. The lowest BCUT2D eigenvalue weighted by Gasteiger charge is -2.01. The highest BCUT2D eigenvalue weighted by Crippen LogP contribution is 2.20. The summed E-state index contributed by atoms with van der Waals surface area (Å²) >= 11 is 0. The Bertz CT molecular complexity index is 804. The Balaban J connectivity index is 1.73. The molecule has 110 valence electrons. The highest BCUT2D eigenvalue weighted by Gasteiger charge is 2.14. The zero-order valence-electron chi connectivity index (χ0n) is 11.6. The highest BCUT2D eigenvalue weighted by atomic mass is 16.4. The number of furan rings is 1. The number of nitrogens with zero attached hydrogens (tertiary/aromatic N) is 2. The summed E-state index contributed by atoms with van der Waals surface area (Å²) in [6.45, 7) is 1.46. The normalized spacial score (nSPS) is 10.4. The van der Waals surface area contributed by atoms with Gasteiger partial charge in [-0.3, -0.25) is 14.9 Å². The van der Waals surface area contributed by atoms with Crippen LogP contribution in [0.4, 0.5) is 6.01 Å². The van der Waals surface area contributed by atoms with Crippen molar-refractivity contribution in [2.24, 2.45) is 0 Å². The molecule has 3 aromatic rings. The topological polar surface area (TPSA) is 98.2 Å². The Hall–Kier alpha value is -3.22. The van der Waals surface area contributed by atoms with E-state index < -0.39 is 5.91 Å². The number of rotatable bonds is 4. The van der Waals surface area contributed by atoms with E-state index in [2.05, 4.69) is 15.5 Å². The molecule has 0 saturated carbocycles. The Morgan fingerprint density at radius 2 is 1.77 bits per heavy atom. The van der Waals surface area contributed by atoms with Crippen LogP contribution in [0.15, 0.2) is 51.5 Å². The van der Waals surface area contributed by atoms with Crippen molar-refractivity contribution in [1.82, 2.24) is 10.2 Å². The number of anilines is 1. The molecule has 7 heteroatoms. The van der Waals surface area contributed by atoms with Gasteiger partial charge in [0.05, 0.1) is 6.26 Å². The number of hydrogen-bond acceptors (Lipinski definition) is 6. The van der Waals surface area contributed by atoms with Gasteiger partial charge in [0.1, 0.15) is 0 Å². The van der Waals surface area contributed by atoms with Gasteiger partial charge in [0, 0.05) is 11.1 Å². The molecule has 0 radical (unpaired) electrons. The monoisotopic (exact) mass is 297 g/mol. The molecule has 22 heavy (non-hydrogen) atoms. The van der Waals surface area contributed by atoms with E-state index in [1.807, 2.05) is 0 Å². The molecule has 7 nitrogen and oxygen atoms in total. The van der Waals surface area contributed by atoms with E-state index in [0.717, 1.165) is 0 Å². The van der Waals surface area contributed by atoms with E-state index in [4.69, 9.17) is 8.83 Å². The Morgan fingerprint density at radius 3 is 2.41 bits per heavy atom. The standard InChI is InChI=1S/C15H11N3O4/c1-9(19)10-4-6-11(7-5-10)13(20)16-15-18-17-14(22-15)12-3-2-8-21-12/h2-8H,1H3,(H,16,18,20). The second-order valence-electron chi connectivity index (χ2n) is 4.48. The molecule has 0 spiro atoms. The summed E-state index contributed by atoms with van der Waals surface area (Å²) in [6.07, 6.45) is 1.48. The lowest BCUT2D eigenvalue weighted by Crippen LogP contribution is -2.12. The lowest BCUT2D eigenvalue weighted by molar-refractivity contribution is 0.100. The van der Waals surface area contributed by atoms with E-state index >= 15 is 0 Å². The summed E-state index contributed by atoms with van der Waals surface area (Å²) in [4.78, 5) is 23.2. The van der Waals surface area contributed by atoms with E-state index in [-0.39, 0.29) is 17.7 Å². The SMILES string of the molecule is CC(=O)c1ccc(C(=O)Nc2nnc(-c3ccco3)o2)cc1. The highest BCUT2D eigenvalue weighted by molar-refractivity contribution is 6.04. The maximum Gasteiger partial charge on any atom is 0.322 e. The van der Waals surface area contributed by atoms with Crippen LogP contribution in [-0.4, -0.2) is 21.9 Å². The number of carbonyl (C=O) groups excluding carboxylic acids is 2. The smallest absolute Gasteiger partial charge is 0.322 e. The van der Waals surface area contributed by atoms with Crippen LogP contribution in [0.3, 0.4) is 0 Å². The average Bonchev–Trinajstić information content (AvgIpc) is 3.18. The summed E-state index contributed by atoms with van der Waals surface area (Å²) in [5.41, 5.74) is 0.914. The third kappa shape index (κ3) is 2.78. The predicted octanol–water partition coefficient (Wildman–Crippen LogP) is 2.78. The molecule has 3 rings (SSSR count). The van der Waals surface area contributed by atoms with E-state index in [0.29, 0.717) is 16.9 Å². The van der Waals surface area contributed by atoms with Gasteiger partial charge < -0.3 is 8.83 Å². The van der Waals surface area contributed by atoms with Crippen molar-refractivity contribution in [1.29, 1.82) is 0 Å². The van der Waals surface area contributed by atoms with Gasteiger partial charge in [0.2, 0.25) is 0 Å². The number of benzene rings is 1. The summed E-state index contributed by atoms with van der Waals surface area (Å²) in [7, 11) is 0. The molecule has 0 aliphatic carbocycles. The van der Waals surface area contributed by atoms with E-state index in [1.54, 1.807) is 36.4 Å². The number of carbonyl (C=O) groups is 2. The van der Waals surface area contributed by atoms with Crippen LogP contribution < -0.4 is 5.32 Å². The minimum Gasteiger partial charge on any atom is -0.459 e. The number of hydrogen-bond donors (Lipinski definition) is 1. The summed E-state index contributed by atoms with van der Waals surface area (Å²) in [5.74, 6) is 0.114. The average molecular weight is 297 g/mol. The molecule has 1 N–H and O–H groups in total. The maximum absolute atomic E-state index is 12.0. The Kier molecular flexibility index (Phi) is 3.53. The fraction of sp³-hybridized carbons (Fsp3) is 0.0667. The summed E-state index contributed by atoms with van der Waals surface area (Å²) in [5, 5.41) is 9.98. The van der Waals surface area contributed by atoms with Crippen LogP contribution in [-0.2, 0) is 0 Å². The van der Waals surface area contributed by atoms with Crippen molar-refractivity contribution < 1.29 is 18.4 Å². The summed E-state index contributed by atoms with van der Waals surface area (Å²) < 4.78 is 10.4. The molecule has 0 fully saturated rings. The zero-order valence-corrected chi connectivity index (χ0v) is 11.6. The van der Waals surface area contributed by atoms with Gasteiger partial charge in [-0.05, 0) is 31.2 Å². The van der Waals surface area contributed by atoms with Gasteiger partial charge in [0.25, 0.3) is 11.8 Å². The molecule has 0 unspecified atom stereocenters. The van der Waals surface area contributed by atoms with Crippen LogP contribution in [0.25, 0.3) is 11.7 Å². The second-order valence-corrected chi connectivity index (χ2v) is 4.48. The molecule has 1 aromatic carbocycles. The van der Waals surface area contributed by atoms with Crippen molar-refractivity contribution in [3.05, 3.63) is 53.8 Å². The Morgan fingerprint density at radius 1 is 1.05 bits per heavy atom. The maximum atomic E-state index is 12.0.